The Kier molecular flexibility index (Phi) is 10.2. The average molecular weight is 477 g/mol. The lowest BCUT2D eigenvalue weighted by Gasteiger charge is -2.26. The quantitative estimate of drug-likeness (QED) is 0.473. The van der Waals surface area contributed by atoms with Gasteiger partial charge in [0.1, 0.15) is 19.0 Å². The third-order valence-corrected chi connectivity index (χ3v) is 5.48. The van der Waals surface area contributed by atoms with Crippen LogP contribution in [-0.4, -0.2) is 48.2 Å². The average Bonchev–Trinajstić information content (AvgIpc) is 2.76. The van der Waals surface area contributed by atoms with Crippen molar-refractivity contribution >= 4 is 35.2 Å². The summed E-state index contributed by atoms with van der Waals surface area (Å²) in [5.74, 6) is -0.199. The molecule has 0 aliphatic heterocycles. The fourth-order valence-corrected chi connectivity index (χ4v) is 3.38. The third-order valence-electron chi connectivity index (χ3n) is 5.22. The van der Waals surface area contributed by atoms with E-state index in [0.29, 0.717) is 36.2 Å². The van der Waals surface area contributed by atoms with Gasteiger partial charge < -0.3 is 14.8 Å². The van der Waals surface area contributed by atoms with Gasteiger partial charge in [0.25, 0.3) is 11.8 Å². The maximum absolute atomic E-state index is 12.3. The van der Waals surface area contributed by atoms with Crippen molar-refractivity contribution in [3.8, 4) is 0 Å². The second-order valence-electron chi connectivity index (χ2n) is 8.22. The summed E-state index contributed by atoms with van der Waals surface area (Å²) < 4.78 is 10.3. The highest BCUT2D eigenvalue weighted by Gasteiger charge is 2.23. The van der Waals surface area contributed by atoms with E-state index in [1.165, 1.54) is 0 Å². The van der Waals surface area contributed by atoms with Gasteiger partial charge in [0, 0.05) is 29.5 Å². The SMILES string of the molecule is CCOCC(=O)Nc1nc(C)c(CCC(C)(C)c2ccc(Cl)cc2)c(NC(=O)COCC)n1. The Labute approximate surface area is 200 Å². The number of anilines is 2. The zero-order valence-corrected chi connectivity index (χ0v) is 20.7. The summed E-state index contributed by atoms with van der Waals surface area (Å²) in [5, 5.41) is 6.13. The van der Waals surface area contributed by atoms with Crippen molar-refractivity contribution in [2.75, 3.05) is 37.1 Å². The highest BCUT2D eigenvalue weighted by Crippen LogP contribution is 2.31. The summed E-state index contributed by atoms with van der Waals surface area (Å²) in [7, 11) is 0. The van der Waals surface area contributed by atoms with E-state index in [-0.39, 0.29) is 36.4 Å². The van der Waals surface area contributed by atoms with E-state index in [9.17, 15) is 9.59 Å². The Bertz CT molecular complexity index is 948. The van der Waals surface area contributed by atoms with Crippen molar-refractivity contribution < 1.29 is 19.1 Å². The molecular weight excluding hydrogens is 444 g/mol. The molecule has 8 nitrogen and oxygen atoms in total. The van der Waals surface area contributed by atoms with Crippen molar-refractivity contribution in [2.24, 2.45) is 0 Å². The molecule has 2 N–H and O–H groups in total. The molecular formula is C24H33ClN4O4. The first kappa shape index (κ1) is 26.7. The molecule has 0 bridgehead atoms. The topological polar surface area (TPSA) is 102 Å². The van der Waals surface area contributed by atoms with Gasteiger partial charge in [-0.25, -0.2) is 4.98 Å². The molecule has 0 saturated heterocycles. The lowest BCUT2D eigenvalue weighted by Crippen LogP contribution is -2.24. The number of aryl methyl sites for hydroxylation is 1. The summed E-state index contributed by atoms with van der Waals surface area (Å²) in [5.41, 5.74) is 2.50. The molecule has 2 aromatic rings. The largest absolute Gasteiger partial charge is 0.372 e. The lowest BCUT2D eigenvalue weighted by atomic mass is 9.79. The Morgan fingerprint density at radius 2 is 1.55 bits per heavy atom. The maximum Gasteiger partial charge on any atom is 0.252 e. The van der Waals surface area contributed by atoms with Gasteiger partial charge in [0.05, 0.1) is 0 Å². The van der Waals surface area contributed by atoms with E-state index in [0.717, 1.165) is 17.5 Å². The first-order valence-corrected chi connectivity index (χ1v) is 11.4. The molecule has 33 heavy (non-hydrogen) atoms. The number of nitrogens with zero attached hydrogens (tertiary/aromatic N) is 2. The number of benzene rings is 1. The number of nitrogens with one attached hydrogen (secondary N) is 2. The van der Waals surface area contributed by atoms with Crippen LogP contribution in [0.3, 0.4) is 0 Å². The van der Waals surface area contributed by atoms with E-state index >= 15 is 0 Å². The number of halogens is 1. The van der Waals surface area contributed by atoms with Crippen LogP contribution in [0.4, 0.5) is 11.8 Å². The highest BCUT2D eigenvalue weighted by atomic mass is 35.5. The Balaban J connectivity index is 2.27. The third kappa shape index (κ3) is 8.38. The van der Waals surface area contributed by atoms with E-state index in [2.05, 4.69) is 34.4 Å². The molecule has 1 aromatic carbocycles. The minimum atomic E-state index is -0.362. The second kappa shape index (κ2) is 12.6. The number of carbonyl (C=O) groups excluding carboxylic acids is 2. The van der Waals surface area contributed by atoms with Crippen LogP contribution in [0.15, 0.2) is 24.3 Å². The molecule has 0 saturated carbocycles. The van der Waals surface area contributed by atoms with Gasteiger partial charge in [0.15, 0.2) is 0 Å². The first-order valence-electron chi connectivity index (χ1n) is 11.0. The number of ether oxygens (including phenoxy) is 2. The number of amides is 2. The van der Waals surface area contributed by atoms with Crippen LogP contribution in [0.25, 0.3) is 0 Å². The minimum Gasteiger partial charge on any atom is -0.372 e. The Morgan fingerprint density at radius 1 is 0.970 bits per heavy atom. The molecule has 1 heterocycles. The van der Waals surface area contributed by atoms with Crippen molar-refractivity contribution in [1.82, 2.24) is 9.97 Å². The summed E-state index contributed by atoms with van der Waals surface area (Å²) in [6.45, 7) is 10.4. The van der Waals surface area contributed by atoms with Crippen LogP contribution in [0, 0.1) is 6.92 Å². The van der Waals surface area contributed by atoms with Gasteiger partial charge in [0.2, 0.25) is 5.95 Å². The molecule has 9 heteroatoms. The summed E-state index contributed by atoms with van der Waals surface area (Å²) in [6.07, 6.45) is 1.40. The second-order valence-corrected chi connectivity index (χ2v) is 8.66. The van der Waals surface area contributed by atoms with Gasteiger partial charge in [-0.1, -0.05) is 37.6 Å². The van der Waals surface area contributed by atoms with Crippen LogP contribution in [0.1, 0.15) is 50.9 Å². The summed E-state index contributed by atoms with van der Waals surface area (Å²) in [4.78, 5) is 33.2. The van der Waals surface area contributed by atoms with Crippen molar-refractivity contribution in [3.63, 3.8) is 0 Å². The smallest absolute Gasteiger partial charge is 0.252 e. The maximum atomic E-state index is 12.3. The van der Waals surface area contributed by atoms with Crippen LogP contribution in [0.5, 0.6) is 0 Å². The summed E-state index contributed by atoms with van der Waals surface area (Å²) >= 11 is 6.03. The van der Waals surface area contributed by atoms with E-state index in [1.807, 2.05) is 38.1 Å². The predicted molar refractivity (Wildman–Crippen MR) is 130 cm³/mol. The van der Waals surface area contributed by atoms with Crippen LogP contribution < -0.4 is 10.6 Å². The standard InChI is InChI=1S/C24H33ClN4O4/c1-6-32-14-20(30)27-22-19(12-13-24(4,5)17-8-10-18(25)11-9-17)16(3)26-23(29-22)28-21(31)15-33-7-2/h8-11H,6-7,12-15H2,1-5H3,(H2,26,27,28,29,30,31). The number of aromatic nitrogens is 2. The fourth-order valence-electron chi connectivity index (χ4n) is 3.26. The monoisotopic (exact) mass is 476 g/mol. The zero-order chi connectivity index (χ0) is 24.4. The van der Waals surface area contributed by atoms with Crippen molar-refractivity contribution in [1.29, 1.82) is 0 Å². The Morgan fingerprint density at radius 3 is 2.12 bits per heavy atom. The van der Waals surface area contributed by atoms with Gasteiger partial charge in [-0.2, -0.15) is 4.98 Å². The van der Waals surface area contributed by atoms with Gasteiger partial charge in [-0.15, -0.1) is 0 Å². The van der Waals surface area contributed by atoms with E-state index < -0.39 is 0 Å². The fraction of sp³-hybridized carbons (Fsp3) is 0.500. The Hall–Kier alpha value is -2.55. The van der Waals surface area contributed by atoms with E-state index in [4.69, 9.17) is 21.1 Å². The molecule has 0 atom stereocenters. The molecule has 2 amide bonds. The zero-order valence-electron chi connectivity index (χ0n) is 20.0. The van der Waals surface area contributed by atoms with Crippen molar-refractivity contribution in [3.05, 3.63) is 46.1 Å². The number of carbonyl (C=O) groups is 2. The molecule has 1 aromatic heterocycles. The van der Waals surface area contributed by atoms with Gasteiger partial charge in [-0.3, -0.25) is 14.9 Å². The molecule has 0 spiro atoms. The first-order chi connectivity index (χ1) is 15.7. The molecule has 0 radical (unpaired) electrons. The van der Waals surface area contributed by atoms with Crippen LogP contribution >= 0.6 is 11.6 Å². The number of rotatable bonds is 12. The van der Waals surface area contributed by atoms with Crippen LogP contribution in [0.2, 0.25) is 5.02 Å². The van der Waals surface area contributed by atoms with Gasteiger partial charge >= 0.3 is 0 Å². The molecule has 2 rings (SSSR count). The normalized spacial score (nSPS) is 11.3. The van der Waals surface area contributed by atoms with E-state index in [1.54, 1.807) is 6.92 Å². The summed E-state index contributed by atoms with van der Waals surface area (Å²) in [6, 6.07) is 7.80. The molecule has 0 fully saturated rings. The molecule has 0 aliphatic carbocycles. The molecule has 0 unspecified atom stereocenters. The number of hydrogen-bond acceptors (Lipinski definition) is 6. The molecule has 0 aliphatic rings. The van der Waals surface area contributed by atoms with Crippen LogP contribution in [-0.2, 0) is 30.9 Å². The number of hydrogen-bond donors (Lipinski definition) is 2. The lowest BCUT2D eigenvalue weighted by molar-refractivity contribution is -0.121. The predicted octanol–water partition coefficient (Wildman–Crippen LogP) is 4.30. The molecule has 180 valence electrons. The van der Waals surface area contributed by atoms with Gasteiger partial charge in [-0.05, 0) is 56.7 Å². The minimum absolute atomic E-state index is 0.0821. The highest BCUT2D eigenvalue weighted by molar-refractivity contribution is 6.30. The van der Waals surface area contributed by atoms with Crippen molar-refractivity contribution in [2.45, 2.75) is 52.9 Å².